The predicted molar refractivity (Wildman–Crippen MR) is 72.6 cm³/mol. The fourth-order valence-corrected chi connectivity index (χ4v) is 4.82. The number of thiazole rings is 1. The van der Waals surface area contributed by atoms with Gasteiger partial charge in [-0.05, 0) is 13.8 Å². The predicted octanol–water partition coefficient (Wildman–Crippen LogP) is 1.51. The van der Waals surface area contributed by atoms with E-state index in [0.29, 0.717) is 19.1 Å². The van der Waals surface area contributed by atoms with Crippen LogP contribution in [0.4, 0.5) is 0 Å². The molecule has 0 radical (unpaired) electrons. The summed E-state index contributed by atoms with van der Waals surface area (Å²) in [5.41, 5.74) is 0. The first-order valence-electron chi connectivity index (χ1n) is 5.77. The first-order chi connectivity index (χ1) is 8.41. The molecule has 1 aliphatic rings. The van der Waals surface area contributed by atoms with Crippen molar-refractivity contribution in [3.05, 3.63) is 10.7 Å². The molecule has 0 N–H and O–H groups in total. The Balaban J connectivity index is 2.09. The van der Waals surface area contributed by atoms with Crippen LogP contribution in [0.15, 0.2) is 10.4 Å². The second-order valence-corrected chi connectivity index (χ2v) is 8.24. The molecule has 5 nitrogen and oxygen atoms in total. The largest absolute Gasteiger partial charge is 0.298 e. The van der Waals surface area contributed by atoms with Crippen molar-refractivity contribution >= 4 is 33.0 Å². The summed E-state index contributed by atoms with van der Waals surface area (Å²) >= 11 is 6.69. The number of aromatic nitrogens is 1. The lowest BCUT2D eigenvalue weighted by Crippen LogP contribution is -2.50. The Labute approximate surface area is 116 Å². The first kappa shape index (κ1) is 14.2. The number of rotatable bonds is 3. The molecule has 1 saturated heterocycles. The van der Waals surface area contributed by atoms with Gasteiger partial charge in [0.25, 0.3) is 10.0 Å². The quantitative estimate of drug-likeness (QED) is 0.849. The maximum Gasteiger partial charge on any atom is 0.254 e. The minimum atomic E-state index is -3.41. The zero-order valence-corrected chi connectivity index (χ0v) is 12.7. The molecule has 1 aromatic heterocycles. The van der Waals surface area contributed by atoms with Crippen molar-refractivity contribution in [2.75, 3.05) is 26.2 Å². The topological polar surface area (TPSA) is 53.5 Å². The van der Waals surface area contributed by atoms with Crippen LogP contribution < -0.4 is 0 Å². The van der Waals surface area contributed by atoms with Gasteiger partial charge in [0.05, 0.1) is 6.20 Å². The number of sulfonamides is 1. The second-order valence-electron chi connectivity index (χ2n) is 4.47. The van der Waals surface area contributed by atoms with Crippen LogP contribution in [0.2, 0.25) is 4.47 Å². The van der Waals surface area contributed by atoms with Crippen molar-refractivity contribution < 1.29 is 8.42 Å². The molecule has 0 aromatic carbocycles. The fraction of sp³-hybridized carbons (Fsp3) is 0.700. The van der Waals surface area contributed by atoms with Gasteiger partial charge >= 0.3 is 0 Å². The lowest BCUT2D eigenvalue weighted by molar-refractivity contribution is 0.154. The Kier molecular flexibility index (Phi) is 4.28. The van der Waals surface area contributed by atoms with Gasteiger partial charge in [-0.3, -0.25) is 4.90 Å². The van der Waals surface area contributed by atoms with E-state index in [0.717, 1.165) is 24.4 Å². The molecule has 2 rings (SSSR count). The van der Waals surface area contributed by atoms with Gasteiger partial charge in [0.1, 0.15) is 0 Å². The molecule has 0 aliphatic carbocycles. The van der Waals surface area contributed by atoms with Gasteiger partial charge < -0.3 is 0 Å². The van der Waals surface area contributed by atoms with Crippen molar-refractivity contribution in [1.82, 2.24) is 14.2 Å². The van der Waals surface area contributed by atoms with Crippen LogP contribution in [0.3, 0.4) is 0 Å². The summed E-state index contributed by atoms with van der Waals surface area (Å²) in [5.74, 6) is 0. The Morgan fingerprint density at radius 1 is 1.33 bits per heavy atom. The third kappa shape index (κ3) is 2.85. The summed E-state index contributed by atoms with van der Waals surface area (Å²) in [4.78, 5) is 6.06. The molecule has 0 spiro atoms. The Bertz CT molecular complexity index is 507. The third-order valence-electron chi connectivity index (χ3n) is 3.05. The minimum Gasteiger partial charge on any atom is -0.298 e. The normalized spacial score (nSPS) is 19.6. The SMILES string of the molecule is CC(C)N1CCN(S(=O)(=O)c2cnc(Cl)s2)CC1. The Hall–Kier alpha value is -0.210. The molecule has 18 heavy (non-hydrogen) atoms. The molecule has 0 amide bonds. The van der Waals surface area contributed by atoms with Gasteiger partial charge in [0.15, 0.2) is 8.68 Å². The van der Waals surface area contributed by atoms with Crippen LogP contribution >= 0.6 is 22.9 Å². The van der Waals surface area contributed by atoms with Gasteiger partial charge in [-0.25, -0.2) is 13.4 Å². The molecule has 2 heterocycles. The molecule has 0 saturated carbocycles. The third-order valence-corrected chi connectivity index (χ3v) is 6.50. The number of hydrogen-bond donors (Lipinski definition) is 0. The number of piperazine rings is 1. The summed E-state index contributed by atoms with van der Waals surface area (Å²) in [5, 5.41) is 0. The number of halogens is 1. The summed E-state index contributed by atoms with van der Waals surface area (Å²) in [6, 6.07) is 0.452. The van der Waals surface area contributed by atoms with E-state index in [2.05, 4.69) is 23.7 Å². The summed E-state index contributed by atoms with van der Waals surface area (Å²) < 4.78 is 26.6. The molecule has 0 unspecified atom stereocenters. The van der Waals surface area contributed by atoms with Gasteiger partial charge in [-0.1, -0.05) is 22.9 Å². The fourth-order valence-electron chi connectivity index (χ4n) is 1.95. The van der Waals surface area contributed by atoms with Gasteiger partial charge in [-0.2, -0.15) is 4.31 Å². The highest BCUT2D eigenvalue weighted by molar-refractivity contribution is 7.91. The highest BCUT2D eigenvalue weighted by atomic mass is 35.5. The summed E-state index contributed by atoms with van der Waals surface area (Å²) in [7, 11) is -3.41. The molecule has 1 fully saturated rings. The average Bonchev–Trinajstić information content (AvgIpc) is 2.76. The van der Waals surface area contributed by atoms with Crippen molar-refractivity contribution in [2.24, 2.45) is 0 Å². The molecule has 1 aliphatic heterocycles. The summed E-state index contributed by atoms with van der Waals surface area (Å²) in [6.45, 7) is 6.82. The summed E-state index contributed by atoms with van der Waals surface area (Å²) in [6.07, 6.45) is 1.33. The molecule has 1 aromatic rings. The van der Waals surface area contributed by atoms with E-state index in [1.54, 1.807) is 0 Å². The van der Waals surface area contributed by atoms with E-state index >= 15 is 0 Å². The Morgan fingerprint density at radius 2 is 1.94 bits per heavy atom. The smallest absolute Gasteiger partial charge is 0.254 e. The van der Waals surface area contributed by atoms with Crippen molar-refractivity contribution in [2.45, 2.75) is 24.1 Å². The number of hydrogen-bond acceptors (Lipinski definition) is 5. The highest BCUT2D eigenvalue weighted by Crippen LogP contribution is 2.26. The van der Waals surface area contributed by atoms with Crippen LogP contribution in [0.1, 0.15) is 13.8 Å². The second kappa shape index (κ2) is 5.42. The molecule has 0 atom stereocenters. The van der Waals surface area contributed by atoms with E-state index < -0.39 is 10.0 Å². The lowest BCUT2D eigenvalue weighted by atomic mass is 10.3. The average molecular weight is 310 g/mol. The van der Waals surface area contributed by atoms with Crippen LogP contribution in [-0.2, 0) is 10.0 Å². The molecule has 102 valence electrons. The maximum atomic E-state index is 12.3. The molecule has 0 bridgehead atoms. The zero-order valence-electron chi connectivity index (χ0n) is 10.3. The van der Waals surface area contributed by atoms with Gasteiger partial charge in [0, 0.05) is 32.2 Å². The Morgan fingerprint density at radius 3 is 2.39 bits per heavy atom. The monoisotopic (exact) mass is 309 g/mol. The van der Waals surface area contributed by atoms with Gasteiger partial charge in [0.2, 0.25) is 0 Å². The lowest BCUT2D eigenvalue weighted by Gasteiger charge is -2.35. The van der Waals surface area contributed by atoms with E-state index in [1.165, 1.54) is 10.5 Å². The molecular formula is C10H16ClN3O2S2. The van der Waals surface area contributed by atoms with Crippen LogP contribution in [0.5, 0.6) is 0 Å². The van der Waals surface area contributed by atoms with E-state index in [9.17, 15) is 8.42 Å². The standard InChI is InChI=1S/C10H16ClN3O2S2/c1-8(2)13-3-5-14(6-4-13)18(15,16)9-7-12-10(11)17-9/h7-8H,3-6H2,1-2H3. The van der Waals surface area contributed by atoms with Crippen LogP contribution in [-0.4, -0.2) is 54.8 Å². The van der Waals surface area contributed by atoms with Crippen molar-refractivity contribution in [3.63, 3.8) is 0 Å². The van der Waals surface area contributed by atoms with Crippen LogP contribution in [0, 0.1) is 0 Å². The van der Waals surface area contributed by atoms with E-state index in [1.807, 2.05) is 0 Å². The maximum absolute atomic E-state index is 12.3. The van der Waals surface area contributed by atoms with Crippen LogP contribution in [0.25, 0.3) is 0 Å². The molecular weight excluding hydrogens is 294 g/mol. The van der Waals surface area contributed by atoms with Crippen molar-refractivity contribution in [1.29, 1.82) is 0 Å². The van der Waals surface area contributed by atoms with Crippen molar-refractivity contribution in [3.8, 4) is 0 Å². The molecule has 8 heteroatoms. The van der Waals surface area contributed by atoms with E-state index in [4.69, 9.17) is 11.6 Å². The van der Waals surface area contributed by atoms with E-state index in [-0.39, 0.29) is 8.68 Å². The zero-order chi connectivity index (χ0) is 13.3. The van der Waals surface area contributed by atoms with Gasteiger partial charge in [-0.15, -0.1) is 0 Å². The number of nitrogens with zero attached hydrogens (tertiary/aromatic N) is 3. The highest BCUT2D eigenvalue weighted by Gasteiger charge is 2.30. The minimum absolute atomic E-state index is 0.227. The first-order valence-corrected chi connectivity index (χ1v) is 8.40.